The van der Waals surface area contributed by atoms with Crippen LogP contribution in [0.5, 0.6) is 0 Å². The molecule has 0 N–H and O–H groups in total. The van der Waals surface area contributed by atoms with Crippen LogP contribution in [0.3, 0.4) is 0 Å². The van der Waals surface area contributed by atoms with E-state index >= 15 is 0 Å². The lowest BCUT2D eigenvalue weighted by Crippen LogP contribution is -2.48. The molecule has 3 aromatic heterocycles. The van der Waals surface area contributed by atoms with Gasteiger partial charge < -0.3 is 19.3 Å². The molecule has 10 nitrogen and oxygen atoms in total. The summed E-state index contributed by atoms with van der Waals surface area (Å²) in [5.74, 6) is 0.747. The molecule has 7 rings (SSSR count). The van der Waals surface area contributed by atoms with Crippen molar-refractivity contribution in [1.29, 1.82) is 0 Å². The van der Waals surface area contributed by atoms with E-state index in [-0.39, 0.29) is 11.5 Å². The standard InChI is InChI=1S/C36H37N7O3/c1-36(25-45-26-36)24-43-22-31(34(40-43)29-8-5-14-37-21-29)32-13-15-38-33(39-32)20-27-9-11-30(12-10-27)41-16-18-42(19-17-41)35(44)46-23-28-6-3-2-4-7-28/h2-15,21-22H,16-20,23-26H2,1H3. The average molecular weight is 616 g/mol. The molecule has 46 heavy (non-hydrogen) atoms. The molecule has 2 saturated heterocycles. The molecule has 234 valence electrons. The summed E-state index contributed by atoms with van der Waals surface area (Å²) in [6.07, 6.45) is 7.86. The van der Waals surface area contributed by atoms with E-state index in [1.165, 1.54) is 0 Å². The van der Waals surface area contributed by atoms with Gasteiger partial charge in [0.2, 0.25) is 0 Å². The van der Waals surface area contributed by atoms with Crippen molar-refractivity contribution in [2.24, 2.45) is 5.41 Å². The molecule has 0 aliphatic carbocycles. The van der Waals surface area contributed by atoms with Gasteiger partial charge in [-0.1, -0.05) is 49.4 Å². The first-order valence-electron chi connectivity index (χ1n) is 15.7. The monoisotopic (exact) mass is 615 g/mol. The van der Waals surface area contributed by atoms with Crippen molar-refractivity contribution < 1.29 is 14.3 Å². The molecule has 0 atom stereocenters. The summed E-state index contributed by atoms with van der Waals surface area (Å²) in [6, 6.07) is 24.2. The first-order chi connectivity index (χ1) is 22.5. The Morgan fingerprint density at radius 1 is 0.913 bits per heavy atom. The number of carbonyl (C=O) groups is 1. The second kappa shape index (κ2) is 13.1. The maximum absolute atomic E-state index is 12.6. The molecule has 5 aromatic rings. The lowest BCUT2D eigenvalue weighted by atomic mass is 9.89. The Hall–Kier alpha value is -5.09. The minimum Gasteiger partial charge on any atom is -0.445 e. The number of rotatable bonds is 9. The Morgan fingerprint density at radius 2 is 1.72 bits per heavy atom. The number of pyridine rings is 1. The van der Waals surface area contributed by atoms with Crippen LogP contribution in [0.4, 0.5) is 10.5 Å². The minimum atomic E-state index is -0.261. The van der Waals surface area contributed by atoms with Crippen LogP contribution in [-0.4, -0.2) is 75.1 Å². The number of benzene rings is 2. The second-order valence-corrected chi connectivity index (χ2v) is 12.3. The third-order valence-electron chi connectivity index (χ3n) is 8.53. The van der Waals surface area contributed by atoms with Gasteiger partial charge in [0.1, 0.15) is 18.1 Å². The van der Waals surface area contributed by atoms with E-state index in [0.29, 0.717) is 26.1 Å². The summed E-state index contributed by atoms with van der Waals surface area (Å²) in [6.45, 7) is 7.52. The lowest BCUT2D eigenvalue weighted by molar-refractivity contribution is -0.111. The minimum absolute atomic E-state index is 0.0838. The molecule has 2 aliphatic heterocycles. The number of anilines is 1. The summed E-state index contributed by atoms with van der Waals surface area (Å²) in [5.41, 5.74) is 6.94. The van der Waals surface area contributed by atoms with Crippen LogP contribution in [0.25, 0.3) is 22.5 Å². The first-order valence-corrected chi connectivity index (χ1v) is 15.7. The fourth-order valence-corrected chi connectivity index (χ4v) is 5.94. The molecule has 0 bridgehead atoms. The van der Waals surface area contributed by atoms with Crippen molar-refractivity contribution in [3.8, 4) is 22.5 Å². The number of aromatic nitrogens is 5. The van der Waals surface area contributed by atoms with Gasteiger partial charge in [0, 0.05) is 79.6 Å². The maximum atomic E-state index is 12.6. The first kappa shape index (κ1) is 29.6. The van der Waals surface area contributed by atoms with Crippen LogP contribution in [0, 0.1) is 5.41 Å². The van der Waals surface area contributed by atoms with E-state index in [4.69, 9.17) is 19.6 Å². The molecule has 2 fully saturated rings. The third-order valence-corrected chi connectivity index (χ3v) is 8.53. The average Bonchev–Trinajstić information content (AvgIpc) is 3.51. The molecule has 0 radical (unpaired) electrons. The quantitative estimate of drug-likeness (QED) is 0.215. The predicted octanol–water partition coefficient (Wildman–Crippen LogP) is 5.49. The molecular formula is C36H37N7O3. The SMILES string of the molecule is CC1(Cn2cc(-c3ccnc(Cc4ccc(N5CCN(C(=O)OCc6ccccc6)CC5)cc4)n3)c(-c3cccnc3)n2)COC1. The Morgan fingerprint density at radius 3 is 2.43 bits per heavy atom. The van der Waals surface area contributed by atoms with Gasteiger partial charge in [-0.2, -0.15) is 5.10 Å². The number of hydrogen-bond acceptors (Lipinski definition) is 8. The largest absolute Gasteiger partial charge is 0.445 e. The fourth-order valence-electron chi connectivity index (χ4n) is 5.94. The lowest BCUT2D eigenvalue weighted by Gasteiger charge is -2.37. The van der Waals surface area contributed by atoms with Crippen molar-refractivity contribution in [2.45, 2.75) is 26.5 Å². The van der Waals surface area contributed by atoms with Gasteiger partial charge in [-0.05, 0) is 41.5 Å². The van der Waals surface area contributed by atoms with Gasteiger partial charge in [-0.15, -0.1) is 0 Å². The van der Waals surface area contributed by atoms with Crippen LogP contribution in [0.15, 0.2) is 97.6 Å². The van der Waals surface area contributed by atoms with Crippen molar-refractivity contribution in [1.82, 2.24) is 29.6 Å². The molecule has 2 aromatic carbocycles. The van der Waals surface area contributed by atoms with Crippen molar-refractivity contribution in [3.05, 3.63) is 115 Å². The molecule has 1 amide bonds. The molecule has 0 saturated carbocycles. The Bertz CT molecular complexity index is 1760. The molecule has 2 aliphatic rings. The van der Waals surface area contributed by atoms with Crippen molar-refractivity contribution >= 4 is 11.8 Å². The van der Waals surface area contributed by atoms with E-state index in [2.05, 4.69) is 52.3 Å². The van der Waals surface area contributed by atoms with Gasteiger partial charge in [-0.25, -0.2) is 14.8 Å². The smallest absolute Gasteiger partial charge is 0.410 e. The molecule has 0 spiro atoms. The predicted molar refractivity (Wildman–Crippen MR) is 175 cm³/mol. The van der Waals surface area contributed by atoms with Gasteiger partial charge in [0.25, 0.3) is 0 Å². The van der Waals surface area contributed by atoms with Crippen LogP contribution >= 0.6 is 0 Å². The van der Waals surface area contributed by atoms with Gasteiger partial charge >= 0.3 is 6.09 Å². The highest BCUT2D eigenvalue weighted by Crippen LogP contribution is 2.33. The van der Waals surface area contributed by atoms with E-state index in [1.54, 1.807) is 11.1 Å². The van der Waals surface area contributed by atoms with Crippen molar-refractivity contribution in [3.63, 3.8) is 0 Å². The van der Waals surface area contributed by atoms with E-state index in [9.17, 15) is 4.79 Å². The molecule has 0 unspecified atom stereocenters. The number of carbonyl (C=O) groups excluding carboxylic acids is 1. The van der Waals surface area contributed by atoms with Crippen LogP contribution in [0.2, 0.25) is 0 Å². The highest BCUT2D eigenvalue weighted by atomic mass is 16.6. The van der Waals surface area contributed by atoms with Gasteiger partial charge in [0.15, 0.2) is 0 Å². The highest BCUT2D eigenvalue weighted by molar-refractivity contribution is 5.78. The molecule has 5 heterocycles. The number of piperazine rings is 1. The van der Waals surface area contributed by atoms with E-state index in [1.807, 2.05) is 65.6 Å². The summed E-state index contributed by atoms with van der Waals surface area (Å²) in [4.78, 5) is 30.5. The van der Waals surface area contributed by atoms with Gasteiger partial charge in [0.05, 0.1) is 25.5 Å². The zero-order valence-electron chi connectivity index (χ0n) is 26.0. The summed E-state index contributed by atoms with van der Waals surface area (Å²) in [7, 11) is 0. The topological polar surface area (TPSA) is 98.5 Å². The highest BCUT2D eigenvalue weighted by Gasteiger charge is 2.34. The normalized spacial score (nSPS) is 15.8. The fraction of sp³-hybridized carbons (Fsp3) is 0.306. The molecule has 10 heteroatoms. The zero-order chi connectivity index (χ0) is 31.3. The van der Waals surface area contributed by atoms with Gasteiger partial charge in [-0.3, -0.25) is 9.67 Å². The number of nitrogens with zero attached hydrogens (tertiary/aromatic N) is 7. The Kier molecular flexibility index (Phi) is 8.43. The third kappa shape index (κ3) is 6.77. The second-order valence-electron chi connectivity index (χ2n) is 12.3. The Labute approximate surface area is 268 Å². The number of hydrogen-bond donors (Lipinski definition) is 0. The summed E-state index contributed by atoms with van der Waals surface area (Å²) in [5, 5.41) is 4.95. The van der Waals surface area contributed by atoms with Crippen LogP contribution in [-0.2, 0) is 29.0 Å². The zero-order valence-corrected chi connectivity index (χ0v) is 26.0. The number of amides is 1. The maximum Gasteiger partial charge on any atom is 0.410 e. The van der Waals surface area contributed by atoms with E-state index in [0.717, 1.165) is 78.0 Å². The van der Waals surface area contributed by atoms with Crippen molar-refractivity contribution in [2.75, 3.05) is 44.3 Å². The number of ether oxygens (including phenoxy) is 2. The van der Waals surface area contributed by atoms with Crippen LogP contribution in [0.1, 0.15) is 23.9 Å². The molecular weight excluding hydrogens is 578 g/mol. The summed E-state index contributed by atoms with van der Waals surface area (Å²) >= 11 is 0. The van der Waals surface area contributed by atoms with E-state index < -0.39 is 0 Å². The van der Waals surface area contributed by atoms with Crippen LogP contribution < -0.4 is 4.90 Å². The Balaban J connectivity index is 0.994. The summed E-state index contributed by atoms with van der Waals surface area (Å²) < 4.78 is 13.0.